The molecule has 7 heteroatoms. The Balaban J connectivity index is 2.19. The van der Waals surface area contributed by atoms with Gasteiger partial charge in [-0.15, -0.1) is 0 Å². The lowest BCUT2D eigenvalue weighted by Gasteiger charge is -2.15. The maximum atomic E-state index is 11.5. The molecule has 0 bridgehead atoms. The number of nitrogens with zero attached hydrogens (tertiary/aromatic N) is 1. The highest BCUT2D eigenvalue weighted by Crippen LogP contribution is 2.13. The van der Waals surface area contributed by atoms with E-state index in [1.165, 1.54) is 11.9 Å². The van der Waals surface area contributed by atoms with Crippen LogP contribution in [0.25, 0.3) is 11.1 Å². The van der Waals surface area contributed by atoms with Crippen LogP contribution < -0.4 is 5.76 Å². The van der Waals surface area contributed by atoms with E-state index in [0.29, 0.717) is 11.1 Å². The molecule has 1 aromatic carbocycles. The number of rotatable bonds is 2. The molecule has 0 radical (unpaired) electrons. The van der Waals surface area contributed by atoms with Gasteiger partial charge in [0.1, 0.15) is 0 Å². The fourth-order valence-corrected chi connectivity index (χ4v) is 1.69. The standard InChI is InChI=1S/C12H12N2O5/c1-14(10(15)11(16)18-2)6-7-3-4-9-8(5-7)13-12(17)19-9/h3-5H,6H2,1-2H3,(H,13,17). The van der Waals surface area contributed by atoms with Gasteiger partial charge in [0.25, 0.3) is 0 Å². The Bertz CT molecular complexity index is 685. The highest BCUT2D eigenvalue weighted by Gasteiger charge is 2.19. The molecule has 2 rings (SSSR count). The molecule has 0 saturated carbocycles. The molecule has 0 aliphatic rings. The van der Waals surface area contributed by atoms with Gasteiger partial charge in [-0.05, 0) is 17.7 Å². The zero-order valence-corrected chi connectivity index (χ0v) is 10.4. The maximum Gasteiger partial charge on any atom is 0.417 e. The number of likely N-dealkylation sites (N-methyl/N-ethyl adjacent to an activating group) is 1. The predicted octanol–water partition coefficient (Wildman–Crippen LogP) is 0.252. The van der Waals surface area contributed by atoms with Crippen molar-refractivity contribution < 1.29 is 18.7 Å². The Morgan fingerprint density at radius 2 is 2.16 bits per heavy atom. The van der Waals surface area contributed by atoms with Gasteiger partial charge in [0.15, 0.2) is 5.58 Å². The predicted molar refractivity (Wildman–Crippen MR) is 65.3 cm³/mol. The first-order valence-electron chi connectivity index (χ1n) is 5.46. The molecule has 1 N–H and O–H groups in total. The summed E-state index contributed by atoms with van der Waals surface area (Å²) in [5, 5.41) is 0. The number of fused-ring (bicyclic) bond motifs is 1. The second-order valence-electron chi connectivity index (χ2n) is 4.00. The summed E-state index contributed by atoms with van der Waals surface area (Å²) in [5.74, 6) is -2.19. The summed E-state index contributed by atoms with van der Waals surface area (Å²) in [6.45, 7) is 0.219. The van der Waals surface area contributed by atoms with Gasteiger partial charge in [0.2, 0.25) is 0 Å². The minimum atomic E-state index is -0.916. The number of oxazole rings is 1. The number of nitrogens with one attached hydrogen (secondary N) is 1. The zero-order chi connectivity index (χ0) is 14.0. The Hall–Kier alpha value is -2.57. The van der Waals surface area contributed by atoms with E-state index in [-0.39, 0.29) is 6.54 Å². The van der Waals surface area contributed by atoms with Gasteiger partial charge in [0.05, 0.1) is 12.6 Å². The molecule has 100 valence electrons. The summed E-state index contributed by atoms with van der Waals surface area (Å²) in [4.78, 5) is 37.4. The van der Waals surface area contributed by atoms with Crippen LogP contribution in [0.2, 0.25) is 0 Å². The number of carbonyl (C=O) groups is 2. The van der Waals surface area contributed by atoms with Crippen LogP contribution in [-0.4, -0.2) is 35.9 Å². The SMILES string of the molecule is COC(=O)C(=O)N(C)Cc1ccc2oc(=O)[nH]c2c1. The molecular weight excluding hydrogens is 252 g/mol. The van der Waals surface area contributed by atoms with Crippen LogP contribution in [0.1, 0.15) is 5.56 Å². The minimum Gasteiger partial charge on any atom is -0.462 e. The average Bonchev–Trinajstić information content (AvgIpc) is 2.76. The Morgan fingerprint density at radius 1 is 1.42 bits per heavy atom. The van der Waals surface area contributed by atoms with Gasteiger partial charge in [-0.1, -0.05) is 6.07 Å². The van der Waals surface area contributed by atoms with Crippen LogP contribution in [0.5, 0.6) is 0 Å². The number of esters is 1. The number of amides is 1. The van der Waals surface area contributed by atoms with Crippen molar-refractivity contribution in [1.82, 2.24) is 9.88 Å². The molecule has 7 nitrogen and oxygen atoms in total. The third-order valence-electron chi connectivity index (χ3n) is 2.61. The number of aromatic amines is 1. The zero-order valence-electron chi connectivity index (χ0n) is 10.4. The lowest BCUT2D eigenvalue weighted by Crippen LogP contribution is -2.33. The Labute approximate surface area is 107 Å². The van der Waals surface area contributed by atoms with Gasteiger partial charge in [-0.3, -0.25) is 9.78 Å². The molecule has 1 aromatic heterocycles. The van der Waals surface area contributed by atoms with E-state index in [9.17, 15) is 14.4 Å². The van der Waals surface area contributed by atoms with Crippen molar-refractivity contribution in [2.24, 2.45) is 0 Å². The van der Waals surface area contributed by atoms with Crippen LogP contribution in [0, 0.1) is 0 Å². The molecule has 2 aromatic rings. The number of aromatic nitrogens is 1. The third-order valence-corrected chi connectivity index (χ3v) is 2.61. The van der Waals surface area contributed by atoms with Crippen LogP contribution in [-0.2, 0) is 20.9 Å². The molecule has 0 saturated heterocycles. The van der Waals surface area contributed by atoms with Crippen molar-refractivity contribution in [3.63, 3.8) is 0 Å². The van der Waals surface area contributed by atoms with Crippen LogP contribution in [0.15, 0.2) is 27.4 Å². The fourth-order valence-electron chi connectivity index (χ4n) is 1.69. The summed E-state index contributed by atoms with van der Waals surface area (Å²) in [7, 11) is 2.64. The van der Waals surface area contributed by atoms with Crippen molar-refractivity contribution in [1.29, 1.82) is 0 Å². The van der Waals surface area contributed by atoms with E-state index in [4.69, 9.17) is 4.42 Å². The molecule has 0 unspecified atom stereocenters. The molecule has 1 heterocycles. The molecule has 0 fully saturated rings. The van der Waals surface area contributed by atoms with Crippen molar-refractivity contribution in [3.05, 3.63) is 34.3 Å². The lowest BCUT2D eigenvalue weighted by molar-refractivity contribution is -0.157. The number of benzene rings is 1. The van der Waals surface area contributed by atoms with E-state index >= 15 is 0 Å². The first-order valence-corrected chi connectivity index (χ1v) is 5.46. The van der Waals surface area contributed by atoms with E-state index in [2.05, 4.69) is 9.72 Å². The molecule has 0 atom stereocenters. The van der Waals surface area contributed by atoms with Crippen LogP contribution >= 0.6 is 0 Å². The second-order valence-corrected chi connectivity index (χ2v) is 4.00. The van der Waals surface area contributed by atoms with Crippen molar-refractivity contribution >= 4 is 23.0 Å². The Morgan fingerprint density at radius 3 is 2.84 bits per heavy atom. The number of H-pyrrole nitrogens is 1. The second kappa shape index (κ2) is 4.97. The normalized spacial score (nSPS) is 10.4. The van der Waals surface area contributed by atoms with Gasteiger partial charge in [0, 0.05) is 13.6 Å². The summed E-state index contributed by atoms with van der Waals surface area (Å²) in [5.41, 5.74) is 1.74. The number of methoxy groups -OCH3 is 1. The van der Waals surface area contributed by atoms with E-state index < -0.39 is 17.6 Å². The van der Waals surface area contributed by atoms with Crippen molar-refractivity contribution in [3.8, 4) is 0 Å². The minimum absolute atomic E-state index is 0.219. The van der Waals surface area contributed by atoms with E-state index in [0.717, 1.165) is 12.7 Å². The lowest BCUT2D eigenvalue weighted by atomic mass is 10.2. The molecule has 0 spiro atoms. The molecule has 19 heavy (non-hydrogen) atoms. The number of carbonyl (C=O) groups excluding carboxylic acids is 2. The van der Waals surface area contributed by atoms with E-state index in [1.807, 2.05) is 0 Å². The third kappa shape index (κ3) is 2.65. The molecule has 0 aliphatic heterocycles. The fraction of sp³-hybridized carbons (Fsp3) is 0.250. The van der Waals surface area contributed by atoms with Crippen molar-refractivity contribution in [2.45, 2.75) is 6.54 Å². The molecule has 1 amide bonds. The quantitative estimate of drug-likeness (QED) is 0.620. The molecule has 0 aliphatic carbocycles. The topological polar surface area (TPSA) is 92.6 Å². The van der Waals surface area contributed by atoms with Gasteiger partial charge in [-0.25, -0.2) is 9.59 Å². The van der Waals surface area contributed by atoms with Crippen LogP contribution in [0.3, 0.4) is 0 Å². The van der Waals surface area contributed by atoms with E-state index in [1.54, 1.807) is 18.2 Å². The highest BCUT2D eigenvalue weighted by atomic mass is 16.5. The summed E-state index contributed by atoms with van der Waals surface area (Å²) in [6.07, 6.45) is 0. The van der Waals surface area contributed by atoms with Gasteiger partial charge < -0.3 is 14.1 Å². The first kappa shape index (κ1) is 12.9. The molecular formula is C12H12N2O5. The largest absolute Gasteiger partial charge is 0.462 e. The first-order chi connectivity index (χ1) is 9.01. The van der Waals surface area contributed by atoms with Gasteiger partial charge >= 0.3 is 17.6 Å². The average molecular weight is 264 g/mol. The summed E-state index contributed by atoms with van der Waals surface area (Å²) in [6, 6.07) is 5.01. The van der Waals surface area contributed by atoms with Crippen LogP contribution in [0.4, 0.5) is 0 Å². The monoisotopic (exact) mass is 264 g/mol. The van der Waals surface area contributed by atoms with Crippen molar-refractivity contribution in [2.75, 3.05) is 14.2 Å². The summed E-state index contributed by atoms with van der Waals surface area (Å²) >= 11 is 0. The highest BCUT2D eigenvalue weighted by molar-refractivity contribution is 6.32. The summed E-state index contributed by atoms with van der Waals surface area (Å²) < 4.78 is 9.22. The number of hydrogen-bond donors (Lipinski definition) is 1. The van der Waals surface area contributed by atoms with Gasteiger partial charge in [-0.2, -0.15) is 0 Å². The smallest absolute Gasteiger partial charge is 0.417 e. The Kier molecular flexibility index (Phi) is 3.37. The number of ether oxygens (including phenoxy) is 1. The maximum absolute atomic E-state index is 11.5. The number of hydrogen-bond acceptors (Lipinski definition) is 5.